The average molecular weight is 518 g/mol. The van der Waals surface area contributed by atoms with E-state index in [1.54, 1.807) is 0 Å². The molecule has 0 atom stereocenters. The molecule has 190 valence electrons. The predicted octanol–water partition coefficient (Wildman–Crippen LogP) is 9.27. The lowest BCUT2D eigenvalue weighted by molar-refractivity contribution is 0.445. The molecule has 4 aromatic carbocycles. The van der Waals surface area contributed by atoms with Crippen molar-refractivity contribution in [1.29, 1.82) is 0 Å². The first kappa shape index (κ1) is 26.1. The monoisotopic (exact) mass is 518 g/mol. The molecule has 0 unspecified atom stereocenters. The van der Waals surface area contributed by atoms with E-state index < -0.39 is 46.6 Å². The summed E-state index contributed by atoms with van der Waals surface area (Å²) in [5, 5.41) is 0. The lowest BCUT2D eigenvalue weighted by Gasteiger charge is -2.11. The van der Waals surface area contributed by atoms with E-state index in [0.717, 1.165) is 37.3 Å². The fourth-order valence-corrected chi connectivity index (χ4v) is 3.96. The van der Waals surface area contributed by atoms with E-state index in [1.165, 1.54) is 36.4 Å². The predicted molar refractivity (Wildman–Crippen MR) is 126 cm³/mol. The van der Waals surface area contributed by atoms with Gasteiger partial charge >= 0.3 is 0 Å². The first-order valence-corrected chi connectivity index (χ1v) is 11.1. The van der Waals surface area contributed by atoms with Crippen molar-refractivity contribution >= 4 is 5.83 Å². The van der Waals surface area contributed by atoms with Crippen LogP contribution in [0.2, 0.25) is 0 Å². The van der Waals surface area contributed by atoms with Gasteiger partial charge in [-0.1, -0.05) is 36.4 Å². The summed E-state index contributed by atoms with van der Waals surface area (Å²) in [6.45, 7) is 0.989. The zero-order valence-electron chi connectivity index (χ0n) is 19.3. The summed E-state index contributed by atoms with van der Waals surface area (Å²) in [7, 11) is 0. The highest BCUT2D eigenvalue weighted by molar-refractivity contribution is 5.73. The molecule has 0 aliphatic heterocycles. The third kappa shape index (κ3) is 5.58. The topological polar surface area (TPSA) is 0 Å². The minimum absolute atomic E-state index is 0.0209. The van der Waals surface area contributed by atoms with Gasteiger partial charge in [-0.3, -0.25) is 0 Å². The first-order chi connectivity index (χ1) is 17.5. The summed E-state index contributed by atoms with van der Waals surface area (Å²) >= 11 is 0. The molecule has 0 heterocycles. The van der Waals surface area contributed by atoms with Gasteiger partial charge in [0.1, 0.15) is 23.3 Å². The number of allylic oxidation sites excluding steroid dienone is 1. The molecule has 0 fully saturated rings. The van der Waals surface area contributed by atoms with Gasteiger partial charge in [0.05, 0.1) is 0 Å². The largest absolute Gasteiger partial charge is 0.209 e. The molecular formula is C29H18F8. The Morgan fingerprint density at radius 3 is 1.65 bits per heavy atom. The van der Waals surface area contributed by atoms with Crippen molar-refractivity contribution in [3.63, 3.8) is 0 Å². The van der Waals surface area contributed by atoms with Gasteiger partial charge in [-0.15, -0.1) is 0 Å². The molecule has 0 saturated carbocycles. The van der Waals surface area contributed by atoms with Gasteiger partial charge in [0.25, 0.3) is 0 Å². The molecule has 0 saturated heterocycles. The van der Waals surface area contributed by atoms with Crippen LogP contribution in [0.25, 0.3) is 28.1 Å². The summed E-state index contributed by atoms with van der Waals surface area (Å²) in [4.78, 5) is 0. The van der Waals surface area contributed by atoms with E-state index in [9.17, 15) is 35.1 Å². The van der Waals surface area contributed by atoms with Gasteiger partial charge in [-0.2, -0.15) is 0 Å². The molecule has 0 aromatic heterocycles. The lowest BCUT2D eigenvalue weighted by Crippen LogP contribution is -2.02. The summed E-state index contributed by atoms with van der Waals surface area (Å²) < 4.78 is 111. The maximum Gasteiger partial charge on any atom is 0.194 e. The molecule has 0 spiro atoms. The van der Waals surface area contributed by atoms with Crippen molar-refractivity contribution in [3.8, 4) is 22.3 Å². The highest BCUT2D eigenvalue weighted by Crippen LogP contribution is 2.32. The van der Waals surface area contributed by atoms with E-state index in [2.05, 4.69) is 0 Å². The Morgan fingerprint density at radius 2 is 1.11 bits per heavy atom. The third-order valence-electron chi connectivity index (χ3n) is 5.90. The molecule has 0 N–H and O–H groups in total. The van der Waals surface area contributed by atoms with Crippen LogP contribution in [0.15, 0.2) is 72.6 Å². The molecule has 0 nitrogen and oxygen atoms in total. The Labute approximate surface area is 207 Å². The second-order valence-corrected chi connectivity index (χ2v) is 8.41. The van der Waals surface area contributed by atoms with Crippen molar-refractivity contribution in [3.05, 3.63) is 124 Å². The molecule has 0 radical (unpaired) electrons. The Hall–Kier alpha value is -3.94. The normalized spacial score (nSPS) is 12.0. The van der Waals surface area contributed by atoms with Gasteiger partial charge in [0, 0.05) is 16.7 Å². The number of hydrogen-bond acceptors (Lipinski definition) is 0. The smallest absolute Gasteiger partial charge is 0.194 e. The van der Waals surface area contributed by atoms with E-state index in [1.807, 2.05) is 0 Å². The first-order valence-electron chi connectivity index (χ1n) is 11.1. The quantitative estimate of drug-likeness (QED) is 0.176. The van der Waals surface area contributed by atoms with Gasteiger partial charge < -0.3 is 0 Å². The second-order valence-electron chi connectivity index (χ2n) is 8.41. The SMILES string of the molecule is CC(F)=C(F)c1ccc(-c2ccc(-c3cc(F)c(CCc4cc(F)c(F)c(F)c4)c(F)c3)c(F)c2)cc1. The van der Waals surface area contributed by atoms with E-state index >= 15 is 0 Å². The fourth-order valence-electron chi connectivity index (χ4n) is 3.96. The van der Waals surface area contributed by atoms with E-state index in [0.29, 0.717) is 11.1 Å². The van der Waals surface area contributed by atoms with Gasteiger partial charge in [-0.25, -0.2) is 35.1 Å². The van der Waals surface area contributed by atoms with Crippen molar-refractivity contribution in [2.75, 3.05) is 0 Å². The maximum absolute atomic E-state index is 14.9. The molecule has 0 aliphatic rings. The Bertz CT molecular complexity index is 1450. The van der Waals surface area contributed by atoms with Crippen LogP contribution < -0.4 is 0 Å². The van der Waals surface area contributed by atoms with Crippen molar-refractivity contribution in [2.24, 2.45) is 0 Å². The molecule has 4 aromatic rings. The van der Waals surface area contributed by atoms with Crippen LogP contribution in [0.5, 0.6) is 0 Å². The van der Waals surface area contributed by atoms with Crippen molar-refractivity contribution in [2.45, 2.75) is 19.8 Å². The summed E-state index contributed by atoms with van der Waals surface area (Å²) in [5.41, 5.74) is 0.465. The number of benzene rings is 4. The molecule has 0 amide bonds. The standard InChI is InChI=1S/C29H18F8/c1-15(30)28(36)18-5-3-17(4-6-18)19-7-9-21(23(31)12-19)20-13-24(32)22(25(33)14-20)8-2-16-10-26(34)29(37)27(35)11-16/h3-7,9-14H,2,8H2,1H3. The Balaban J connectivity index is 1.56. The van der Waals surface area contributed by atoms with Crippen LogP contribution in [0, 0.1) is 34.9 Å². The van der Waals surface area contributed by atoms with Gasteiger partial charge in [-0.05, 0) is 72.4 Å². The summed E-state index contributed by atoms with van der Waals surface area (Å²) in [5.74, 6) is -9.13. The summed E-state index contributed by atoms with van der Waals surface area (Å²) in [6.07, 6.45) is -0.425. The van der Waals surface area contributed by atoms with Crippen molar-refractivity contribution in [1.82, 2.24) is 0 Å². The van der Waals surface area contributed by atoms with Crippen LogP contribution in [0.1, 0.15) is 23.6 Å². The van der Waals surface area contributed by atoms with E-state index in [-0.39, 0.29) is 40.7 Å². The highest BCUT2D eigenvalue weighted by atomic mass is 19.2. The third-order valence-corrected chi connectivity index (χ3v) is 5.90. The molecular weight excluding hydrogens is 500 g/mol. The highest BCUT2D eigenvalue weighted by Gasteiger charge is 2.17. The number of halogens is 8. The number of hydrogen-bond donors (Lipinski definition) is 0. The minimum Gasteiger partial charge on any atom is -0.209 e. The fraction of sp³-hybridized carbons (Fsp3) is 0.103. The lowest BCUT2D eigenvalue weighted by atomic mass is 9.96. The van der Waals surface area contributed by atoms with Crippen molar-refractivity contribution < 1.29 is 35.1 Å². The maximum atomic E-state index is 14.9. The van der Waals surface area contributed by atoms with Crippen LogP contribution >= 0.6 is 0 Å². The Morgan fingerprint density at radius 1 is 0.568 bits per heavy atom. The van der Waals surface area contributed by atoms with Crippen LogP contribution in [-0.2, 0) is 12.8 Å². The average Bonchev–Trinajstić information content (AvgIpc) is 2.86. The molecule has 8 heteroatoms. The van der Waals surface area contributed by atoms with E-state index in [4.69, 9.17) is 0 Å². The summed E-state index contributed by atoms with van der Waals surface area (Å²) in [6, 6.07) is 13.1. The van der Waals surface area contributed by atoms with Crippen LogP contribution in [-0.4, -0.2) is 0 Å². The number of rotatable bonds is 6. The zero-order chi connectivity index (χ0) is 26.9. The minimum atomic E-state index is -1.63. The number of aryl methyl sites for hydroxylation is 1. The zero-order valence-corrected chi connectivity index (χ0v) is 19.3. The van der Waals surface area contributed by atoms with Gasteiger partial charge in [0.15, 0.2) is 23.3 Å². The molecule has 37 heavy (non-hydrogen) atoms. The van der Waals surface area contributed by atoms with Gasteiger partial charge in [0.2, 0.25) is 0 Å². The second kappa shape index (κ2) is 10.6. The van der Waals surface area contributed by atoms with Crippen LogP contribution in [0.4, 0.5) is 35.1 Å². The van der Waals surface area contributed by atoms with Crippen LogP contribution in [0.3, 0.4) is 0 Å². The molecule has 0 bridgehead atoms. The molecule has 0 aliphatic carbocycles. The Kier molecular flexibility index (Phi) is 7.47. The molecule has 4 rings (SSSR count).